The summed E-state index contributed by atoms with van der Waals surface area (Å²) in [5.74, 6) is -0.187. The molecule has 1 aromatic rings. The number of benzene rings is 1. The molecular formula is C13H18ClNO2. The molecule has 0 amide bonds. The normalized spacial score (nSPS) is 12.2. The van der Waals surface area contributed by atoms with E-state index in [2.05, 4.69) is 5.32 Å². The van der Waals surface area contributed by atoms with Gasteiger partial charge in [-0.05, 0) is 31.2 Å². The molecule has 94 valence electrons. The van der Waals surface area contributed by atoms with Crippen molar-refractivity contribution in [1.82, 2.24) is 5.32 Å². The third-order valence-electron chi connectivity index (χ3n) is 2.34. The van der Waals surface area contributed by atoms with E-state index < -0.39 is 0 Å². The largest absolute Gasteiger partial charge is 0.461 e. The van der Waals surface area contributed by atoms with E-state index in [-0.39, 0.29) is 12.0 Å². The van der Waals surface area contributed by atoms with E-state index in [1.807, 2.05) is 26.0 Å². The second-order valence-electron chi connectivity index (χ2n) is 3.95. The predicted molar refractivity (Wildman–Crippen MR) is 69.0 cm³/mol. The van der Waals surface area contributed by atoms with Crippen LogP contribution in [0.15, 0.2) is 24.3 Å². The summed E-state index contributed by atoms with van der Waals surface area (Å²) in [7, 11) is 0. The van der Waals surface area contributed by atoms with Crippen LogP contribution in [0.25, 0.3) is 0 Å². The topological polar surface area (TPSA) is 38.3 Å². The van der Waals surface area contributed by atoms with Crippen LogP contribution in [0.3, 0.4) is 0 Å². The van der Waals surface area contributed by atoms with Crippen LogP contribution in [0, 0.1) is 0 Å². The highest BCUT2D eigenvalue weighted by molar-refractivity contribution is 6.30. The summed E-state index contributed by atoms with van der Waals surface area (Å²) >= 11 is 5.76. The minimum atomic E-state index is -0.187. The Morgan fingerprint density at radius 3 is 2.65 bits per heavy atom. The Bertz CT molecular complexity index is 351. The Morgan fingerprint density at radius 2 is 2.06 bits per heavy atom. The average Bonchev–Trinajstić information content (AvgIpc) is 2.28. The molecule has 1 atom stereocenters. The Hall–Kier alpha value is -1.06. The highest BCUT2D eigenvalue weighted by Gasteiger charge is 2.08. The molecule has 0 radical (unpaired) electrons. The lowest BCUT2D eigenvalue weighted by Crippen LogP contribution is -2.28. The summed E-state index contributed by atoms with van der Waals surface area (Å²) in [6.07, 6.45) is 0.390. The summed E-state index contributed by atoms with van der Waals surface area (Å²) in [5.41, 5.74) is 0.943. The fourth-order valence-corrected chi connectivity index (χ4v) is 1.60. The van der Waals surface area contributed by atoms with E-state index in [0.717, 1.165) is 12.1 Å². The zero-order valence-corrected chi connectivity index (χ0v) is 11.0. The second-order valence-corrected chi connectivity index (χ2v) is 4.39. The van der Waals surface area contributed by atoms with Gasteiger partial charge in [0.15, 0.2) is 0 Å². The molecule has 0 aromatic heterocycles. The number of carbonyl (C=O) groups excluding carboxylic acids is 1. The molecule has 0 spiro atoms. The molecule has 0 bridgehead atoms. The maximum Gasteiger partial charge on any atom is 0.307 e. The third kappa shape index (κ3) is 5.71. The average molecular weight is 256 g/mol. The third-order valence-corrected chi connectivity index (χ3v) is 2.59. The number of hydrogen-bond donors (Lipinski definition) is 1. The zero-order chi connectivity index (χ0) is 12.7. The van der Waals surface area contributed by atoms with Crippen molar-refractivity contribution in [2.75, 3.05) is 6.54 Å². The Labute approximate surface area is 107 Å². The van der Waals surface area contributed by atoms with Gasteiger partial charge in [0.05, 0.1) is 6.42 Å². The standard InChI is InChI=1S/C13H18ClNO2/c1-3-15-10(2)8-13(16)17-9-11-4-6-12(14)7-5-11/h4-7,10,15H,3,8-9H2,1-2H3. The summed E-state index contributed by atoms with van der Waals surface area (Å²) in [5, 5.41) is 3.85. The minimum Gasteiger partial charge on any atom is -0.461 e. The van der Waals surface area contributed by atoms with Gasteiger partial charge in [-0.15, -0.1) is 0 Å². The molecule has 1 aromatic carbocycles. The van der Waals surface area contributed by atoms with E-state index in [9.17, 15) is 4.79 Å². The lowest BCUT2D eigenvalue weighted by atomic mass is 10.2. The maximum absolute atomic E-state index is 11.5. The number of carbonyl (C=O) groups is 1. The van der Waals surface area contributed by atoms with Crippen molar-refractivity contribution in [3.63, 3.8) is 0 Å². The van der Waals surface area contributed by atoms with Gasteiger partial charge in [0.1, 0.15) is 6.61 Å². The van der Waals surface area contributed by atoms with Crippen LogP contribution in [0.4, 0.5) is 0 Å². The van der Waals surface area contributed by atoms with E-state index in [1.54, 1.807) is 12.1 Å². The van der Waals surface area contributed by atoms with Crippen LogP contribution in [0.2, 0.25) is 5.02 Å². The van der Waals surface area contributed by atoms with Gasteiger partial charge in [-0.3, -0.25) is 4.79 Å². The molecule has 0 aliphatic carbocycles. The predicted octanol–water partition coefficient (Wildman–Crippen LogP) is 2.77. The molecule has 0 aliphatic rings. The Morgan fingerprint density at radius 1 is 1.41 bits per heavy atom. The van der Waals surface area contributed by atoms with Crippen molar-refractivity contribution in [2.24, 2.45) is 0 Å². The van der Waals surface area contributed by atoms with Crippen molar-refractivity contribution >= 4 is 17.6 Å². The smallest absolute Gasteiger partial charge is 0.307 e. The van der Waals surface area contributed by atoms with Crippen LogP contribution in [-0.4, -0.2) is 18.6 Å². The Kier molecular flexibility index (Phi) is 6.01. The molecule has 1 unspecified atom stereocenters. The minimum absolute atomic E-state index is 0.151. The quantitative estimate of drug-likeness (QED) is 0.795. The molecule has 17 heavy (non-hydrogen) atoms. The van der Waals surface area contributed by atoms with Gasteiger partial charge in [-0.25, -0.2) is 0 Å². The molecule has 0 heterocycles. The number of esters is 1. The van der Waals surface area contributed by atoms with Crippen molar-refractivity contribution in [2.45, 2.75) is 32.9 Å². The molecule has 1 N–H and O–H groups in total. The fourth-order valence-electron chi connectivity index (χ4n) is 1.47. The van der Waals surface area contributed by atoms with Crippen LogP contribution in [-0.2, 0) is 16.1 Å². The van der Waals surface area contributed by atoms with Gasteiger partial charge in [0.25, 0.3) is 0 Å². The summed E-state index contributed by atoms with van der Waals surface area (Å²) in [6, 6.07) is 7.42. The number of hydrogen-bond acceptors (Lipinski definition) is 3. The van der Waals surface area contributed by atoms with E-state index in [4.69, 9.17) is 16.3 Å². The van der Waals surface area contributed by atoms with Gasteiger partial charge in [-0.1, -0.05) is 30.7 Å². The van der Waals surface area contributed by atoms with Crippen molar-refractivity contribution in [1.29, 1.82) is 0 Å². The maximum atomic E-state index is 11.5. The Balaban J connectivity index is 2.30. The number of halogens is 1. The number of nitrogens with one attached hydrogen (secondary N) is 1. The second kappa shape index (κ2) is 7.30. The number of rotatable bonds is 6. The first-order valence-electron chi connectivity index (χ1n) is 5.75. The van der Waals surface area contributed by atoms with Crippen LogP contribution in [0.1, 0.15) is 25.8 Å². The SMILES string of the molecule is CCNC(C)CC(=O)OCc1ccc(Cl)cc1. The molecule has 4 heteroatoms. The molecule has 0 aliphatic heterocycles. The molecular weight excluding hydrogens is 238 g/mol. The number of ether oxygens (including phenoxy) is 1. The van der Waals surface area contributed by atoms with Crippen molar-refractivity contribution < 1.29 is 9.53 Å². The lowest BCUT2D eigenvalue weighted by molar-refractivity contribution is -0.145. The fraction of sp³-hybridized carbons (Fsp3) is 0.462. The van der Waals surface area contributed by atoms with Crippen LogP contribution in [0.5, 0.6) is 0 Å². The zero-order valence-electron chi connectivity index (χ0n) is 10.2. The summed E-state index contributed by atoms with van der Waals surface area (Å²) in [6.45, 7) is 5.13. The first-order valence-corrected chi connectivity index (χ1v) is 6.13. The highest BCUT2D eigenvalue weighted by Crippen LogP contribution is 2.10. The molecule has 3 nitrogen and oxygen atoms in total. The van der Waals surface area contributed by atoms with Gasteiger partial charge >= 0.3 is 5.97 Å². The van der Waals surface area contributed by atoms with Crippen molar-refractivity contribution in [3.8, 4) is 0 Å². The highest BCUT2D eigenvalue weighted by atomic mass is 35.5. The van der Waals surface area contributed by atoms with Gasteiger partial charge in [0.2, 0.25) is 0 Å². The molecule has 0 saturated carbocycles. The summed E-state index contributed by atoms with van der Waals surface area (Å²) < 4.78 is 5.16. The first-order chi connectivity index (χ1) is 8.11. The van der Waals surface area contributed by atoms with E-state index in [1.165, 1.54) is 0 Å². The summed E-state index contributed by atoms with van der Waals surface area (Å²) in [4.78, 5) is 11.5. The molecule has 0 fully saturated rings. The van der Waals surface area contributed by atoms with Gasteiger partial charge < -0.3 is 10.1 Å². The van der Waals surface area contributed by atoms with E-state index in [0.29, 0.717) is 18.1 Å². The first kappa shape index (κ1) is 14.0. The van der Waals surface area contributed by atoms with Crippen molar-refractivity contribution in [3.05, 3.63) is 34.9 Å². The van der Waals surface area contributed by atoms with Gasteiger partial charge in [-0.2, -0.15) is 0 Å². The van der Waals surface area contributed by atoms with Crippen LogP contribution >= 0.6 is 11.6 Å². The van der Waals surface area contributed by atoms with Gasteiger partial charge in [0, 0.05) is 11.1 Å². The van der Waals surface area contributed by atoms with Crippen LogP contribution < -0.4 is 5.32 Å². The van der Waals surface area contributed by atoms with E-state index >= 15 is 0 Å². The molecule has 1 rings (SSSR count). The lowest BCUT2D eigenvalue weighted by Gasteiger charge is -2.11. The monoisotopic (exact) mass is 255 g/mol. The molecule has 0 saturated heterocycles.